The molecule has 0 unspecified atom stereocenters. The highest BCUT2D eigenvalue weighted by atomic mass is 19.2. The summed E-state index contributed by atoms with van der Waals surface area (Å²) < 4.78 is 35.3. The molecule has 1 aromatic carbocycles. The lowest BCUT2D eigenvalue weighted by Crippen LogP contribution is -2.37. The largest absolute Gasteiger partial charge is 0.454 e. The molecular weight excluding hydrogens is 220 g/mol. The third-order valence-electron chi connectivity index (χ3n) is 2.19. The molecule has 1 aliphatic rings. The van der Waals surface area contributed by atoms with Gasteiger partial charge < -0.3 is 15.2 Å². The van der Waals surface area contributed by atoms with Crippen molar-refractivity contribution in [2.24, 2.45) is 0 Å². The third kappa shape index (κ3) is 1.96. The van der Waals surface area contributed by atoms with E-state index in [4.69, 9.17) is 15.2 Å². The van der Waals surface area contributed by atoms with Crippen LogP contribution in [0, 0.1) is 11.6 Å². The lowest BCUT2D eigenvalue weighted by molar-refractivity contribution is -0.103. The van der Waals surface area contributed by atoms with Crippen molar-refractivity contribution in [3.05, 3.63) is 29.3 Å². The molecule has 2 rings (SSSR count). The molecule has 0 amide bonds. The number of hydrogen-bond acceptors (Lipinski definition) is 4. The molecule has 4 nitrogen and oxygen atoms in total. The molecule has 0 bridgehead atoms. The molecule has 86 valence electrons. The van der Waals surface area contributed by atoms with Crippen LogP contribution < -0.4 is 5.73 Å². The summed E-state index contributed by atoms with van der Waals surface area (Å²) >= 11 is 0. The quantitative estimate of drug-likeness (QED) is 0.609. The molecule has 1 saturated heterocycles. The van der Waals surface area contributed by atoms with Crippen LogP contribution in [0.1, 0.15) is 10.4 Å². The van der Waals surface area contributed by atoms with Crippen molar-refractivity contribution in [2.45, 2.75) is 6.10 Å². The lowest BCUT2D eigenvalue weighted by atomic mass is 10.1. The van der Waals surface area contributed by atoms with Crippen molar-refractivity contribution in [1.29, 1.82) is 0 Å². The number of nitrogen functional groups attached to an aromatic ring is 1. The molecular formula is C10H9F2NO3. The lowest BCUT2D eigenvalue weighted by Gasteiger charge is -2.25. The van der Waals surface area contributed by atoms with Crippen LogP contribution in [0.4, 0.5) is 14.5 Å². The van der Waals surface area contributed by atoms with E-state index in [9.17, 15) is 13.6 Å². The first-order valence-electron chi connectivity index (χ1n) is 4.61. The summed E-state index contributed by atoms with van der Waals surface area (Å²) in [6.45, 7) is 0.630. The van der Waals surface area contributed by atoms with E-state index in [1.165, 1.54) is 0 Å². The Morgan fingerprint density at radius 3 is 2.56 bits per heavy atom. The highest BCUT2D eigenvalue weighted by Gasteiger charge is 2.25. The SMILES string of the molecule is Nc1cc(F)c(F)cc1C(=O)OC1COC1. The van der Waals surface area contributed by atoms with Crippen molar-refractivity contribution in [3.8, 4) is 0 Å². The monoisotopic (exact) mass is 229 g/mol. The minimum absolute atomic E-state index is 0.149. The molecule has 1 aliphatic heterocycles. The fourth-order valence-electron chi connectivity index (χ4n) is 1.24. The first-order valence-corrected chi connectivity index (χ1v) is 4.61. The maximum Gasteiger partial charge on any atom is 0.340 e. The number of nitrogens with two attached hydrogens (primary N) is 1. The number of ether oxygens (including phenoxy) is 2. The van der Waals surface area contributed by atoms with Gasteiger partial charge in [-0.2, -0.15) is 0 Å². The van der Waals surface area contributed by atoms with Crippen molar-refractivity contribution >= 4 is 11.7 Å². The van der Waals surface area contributed by atoms with Gasteiger partial charge in [-0.25, -0.2) is 13.6 Å². The summed E-state index contributed by atoms with van der Waals surface area (Å²) in [6.07, 6.45) is -0.333. The van der Waals surface area contributed by atoms with Crippen LogP contribution in [0.5, 0.6) is 0 Å². The van der Waals surface area contributed by atoms with Gasteiger partial charge in [-0.1, -0.05) is 0 Å². The van der Waals surface area contributed by atoms with Crippen LogP contribution in [-0.2, 0) is 9.47 Å². The van der Waals surface area contributed by atoms with Crippen LogP contribution in [0.2, 0.25) is 0 Å². The first kappa shape index (κ1) is 10.8. The first-order chi connectivity index (χ1) is 7.58. The summed E-state index contributed by atoms with van der Waals surface area (Å²) in [7, 11) is 0. The third-order valence-corrected chi connectivity index (χ3v) is 2.19. The van der Waals surface area contributed by atoms with E-state index < -0.39 is 17.6 Å². The molecule has 0 radical (unpaired) electrons. The molecule has 6 heteroatoms. The molecule has 2 N–H and O–H groups in total. The van der Waals surface area contributed by atoms with Gasteiger partial charge in [-0.15, -0.1) is 0 Å². The van der Waals surface area contributed by atoms with Crippen LogP contribution in [-0.4, -0.2) is 25.3 Å². The Labute approximate surface area is 89.9 Å². The Bertz CT molecular complexity index is 432. The normalized spacial score (nSPS) is 15.6. The van der Waals surface area contributed by atoms with Crippen LogP contribution in [0.3, 0.4) is 0 Å². The molecule has 0 aliphatic carbocycles. The van der Waals surface area contributed by atoms with Crippen molar-refractivity contribution in [1.82, 2.24) is 0 Å². The van der Waals surface area contributed by atoms with E-state index in [0.717, 1.165) is 12.1 Å². The van der Waals surface area contributed by atoms with E-state index in [1.807, 2.05) is 0 Å². The van der Waals surface area contributed by atoms with E-state index in [0.29, 0.717) is 13.2 Å². The maximum atomic E-state index is 12.9. The predicted octanol–water partition coefficient (Wildman–Crippen LogP) is 1.10. The number of rotatable bonds is 2. The number of halogens is 2. The van der Waals surface area contributed by atoms with E-state index >= 15 is 0 Å². The maximum absolute atomic E-state index is 12.9. The fraction of sp³-hybridized carbons (Fsp3) is 0.300. The van der Waals surface area contributed by atoms with Crippen molar-refractivity contribution in [3.63, 3.8) is 0 Å². The number of anilines is 1. The van der Waals surface area contributed by atoms with Crippen molar-refractivity contribution < 1.29 is 23.0 Å². The van der Waals surface area contributed by atoms with E-state index in [1.54, 1.807) is 0 Å². The Morgan fingerprint density at radius 1 is 1.38 bits per heavy atom. The second-order valence-electron chi connectivity index (χ2n) is 3.42. The fourth-order valence-corrected chi connectivity index (χ4v) is 1.24. The summed E-state index contributed by atoms with van der Waals surface area (Å²) in [5.41, 5.74) is 5.06. The van der Waals surface area contributed by atoms with Gasteiger partial charge in [0.1, 0.15) is 6.10 Å². The van der Waals surface area contributed by atoms with Gasteiger partial charge >= 0.3 is 5.97 Å². The molecule has 0 spiro atoms. The zero-order chi connectivity index (χ0) is 11.7. The standard InChI is InChI=1S/C10H9F2NO3/c11-7-1-6(9(13)2-8(7)12)10(14)16-5-3-15-4-5/h1-2,5H,3-4,13H2. The highest BCUT2D eigenvalue weighted by Crippen LogP contribution is 2.19. The average molecular weight is 229 g/mol. The van der Waals surface area contributed by atoms with Gasteiger partial charge in [-0.3, -0.25) is 0 Å². The van der Waals surface area contributed by atoms with Gasteiger partial charge in [0.2, 0.25) is 0 Å². The minimum Gasteiger partial charge on any atom is -0.454 e. The Morgan fingerprint density at radius 2 is 2.00 bits per heavy atom. The smallest absolute Gasteiger partial charge is 0.340 e. The summed E-state index contributed by atoms with van der Waals surface area (Å²) in [4.78, 5) is 11.5. The van der Waals surface area contributed by atoms with Gasteiger partial charge in [0.15, 0.2) is 11.6 Å². The molecule has 0 saturated carbocycles. The zero-order valence-electron chi connectivity index (χ0n) is 8.20. The minimum atomic E-state index is -1.13. The second-order valence-corrected chi connectivity index (χ2v) is 3.42. The number of benzene rings is 1. The van der Waals surface area contributed by atoms with Crippen LogP contribution in [0.15, 0.2) is 12.1 Å². The number of hydrogen-bond donors (Lipinski definition) is 1. The number of carbonyl (C=O) groups excluding carboxylic acids is 1. The van der Waals surface area contributed by atoms with Crippen molar-refractivity contribution in [2.75, 3.05) is 18.9 Å². The second kappa shape index (κ2) is 4.05. The Kier molecular flexibility index (Phi) is 2.74. The zero-order valence-corrected chi connectivity index (χ0v) is 8.20. The molecule has 0 atom stereocenters. The number of esters is 1. The topological polar surface area (TPSA) is 61.6 Å². The summed E-state index contributed by atoms with van der Waals surface area (Å²) in [5.74, 6) is -3.00. The van der Waals surface area contributed by atoms with E-state index in [-0.39, 0.29) is 17.4 Å². The molecule has 0 aromatic heterocycles. The van der Waals surface area contributed by atoms with Gasteiger partial charge in [-0.05, 0) is 6.07 Å². The van der Waals surface area contributed by atoms with Gasteiger partial charge in [0, 0.05) is 11.8 Å². The van der Waals surface area contributed by atoms with E-state index in [2.05, 4.69) is 0 Å². The number of carbonyl (C=O) groups is 1. The van der Waals surface area contributed by atoms with Gasteiger partial charge in [0.05, 0.1) is 18.8 Å². The Hall–Kier alpha value is -1.69. The van der Waals surface area contributed by atoms with Gasteiger partial charge in [0.25, 0.3) is 0 Å². The molecule has 1 fully saturated rings. The predicted molar refractivity (Wildman–Crippen MR) is 50.8 cm³/mol. The highest BCUT2D eigenvalue weighted by molar-refractivity contribution is 5.95. The summed E-state index contributed by atoms with van der Waals surface area (Å²) in [5, 5.41) is 0. The Balaban J connectivity index is 2.18. The average Bonchev–Trinajstić information content (AvgIpc) is 2.17. The van der Waals surface area contributed by atoms with Crippen LogP contribution >= 0.6 is 0 Å². The van der Waals surface area contributed by atoms with Crippen LogP contribution in [0.25, 0.3) is 0 Å². The molecule has 16 heavy (non-hydrogen) atoms. The molecule has 1 aromatic rings. The summed E-state index contributed by atoms with van der Waals surface area (Å²) in [6, 6.07) is 1.48. The molecule has 1 heterocycles.